The number of carbonyl (C=O) groups excluding carboxylic acids is 1. The highest BCUT2D eigenvalue weighted by atomic mass is 19.1. The highest BCUT2D eigenvalue weighted by molar-refractivity contribution is 5.79. The van der Waals surface area contributed by atoms with Gasteiger partial charge >= 0.3 is 0 Å². The molecule has 0 unspecified atom stereocenters. The lowest BCUT2D eigenvalue weighted by atomic mass is 9.85. The molecule has 9 nitrogen and oxygen atoms in total. The number of carbonyl (C=O) groups is 1. The Morgan fingerprint density at radius 3 is 2.54 bits per heavy atom. The maximum absolute atomic E-state index is 14.4. The molecular weight excluding hydrogens is 454 g/mol. The number of hydrogen-bond acceptors (Lipinski definition) is 7. The molecule has 2 aliphatic rings. The van der Waals surface area contributed by atoms with Crippen molar-refractivity contribution in [2.75, 3.05) is 43.8 Å². The van der Waals surface area contributed by atoms with E-state index in [0.29, 0.717) is 17.1 Å². The van der Waals surface area contributed by atoms with Crippen LogP contribution in [0.5, 0.6) is 0 Å². The molecule has 5 rings (SSSR count). The number of rotatable bonds is 5. The van der Waals surface area contributed by atoms with Gasteiger partial charge in [0.15, 0.2) is 5.65 Å². The summed E-state index contributed by atoms with van der Waals surface area (Å²) >= 11 is 0. The summed E-state index contributed by atoms with van der Waals surface area (Å²) < 4.78 is 29.7. The number of halogens is 2. The third-order valence-electron chi connectivity index (χ3n) is 7.17. The van der Waals surface area contributed by atoms with E-state index in [1.165, 1.54) is 18.3 Å². The summed E-state index contributed by atoms with van der Waals surface area (Å²) in [5, 5.41) is 2.99. The largest absolute Gasteiger partial charge is 0.368 e. The van der Waals surface area contributed by atoms with Gasteiger partial charge in [-0.3, -0.25) is 9.36 Å². The molecule has 1 aliphatic heterocycles. The molecule has 1 saturated carbocycles. The molecule has 1 aromatic carbocycles. The molecule has 11 heteroatoms. The number of hydrogen-bond donors (Lipinski definition) is 2. The third-order valence-corrected chi connectivity index (χ3v) is 7.17. The Morgan fingerprint density at radius 1 is 1.11 bits per heavy atom. The molecule has 3 aromatic rings. The first kappa shape index (κ1) is 23.4. The molecular formula is C24H30F2N8O. The first-order valence-electron chi connectivity index (χ1n) is 12.2. The molecule has 1 saturated heterocycles. The molecule has 1 amide bonds. The van der Waals surface area contributed by atoms with Crippen molar-refractivity contribution in [3.05, 3.63) is 36.0 Å². The second kappa shape index (κ2) is 9.73. The van der Waals surface area contributed by atoms with Gasteiger partial charge in [-0.1, -0.05) is 6.92 Å². The minimum Gasteiger partial charge on any atom is -0.368 e. The average molecular weight is 485 g/mol. The number of fused-ring (bicyclic) bond motifs is 1. The molecule has 186 valence electrons. The van der Waals surface area contributed by atoms with Gasteiger partial charge in [0.25, 0.3) is 0 Å². The van der Waals surface area contributed by atoms with Gasteiger partial charge in [-0.15, -0.1) is 0 Å². The van der Waals surface area contributed by atoms with E-state index in [9.17, 15) is 13.6 Å². The summed E-state index contributed by atoms with van der Waals surface area (Å²) in [5.74, 6) is -0.622. The van der Waals surface area contributed by atoms with E-state index in [2.05, 4.69) is 32.1 Å². The molecule has 3 N–H and O–H groups in total. The number of likely N-dealkylation sites (N-methyl/N-ethyl adjacent to an activating group) is 1. The third kappa shape index (κ3) is 4.77. The van der Waals surface area contributed by atoms with Crippen LogP contribution in [0.15, 0.2) is 24.4 Å². The number of amides is 1. The minimum absolute atomic E-state index is 0.000130. The first-order chi connectivity index (χ1) is 16.9. The number of nitrogen functional groups attached to an aromatic ring is 1. The summed E-state index contributed by atoms with van der Waals surface area (Å²) in [6.07, 6.45) is 4.54. The van der Waals surface area contributed by atoms with Gasteiger partial charge in [0.1, 0.15) is 17.2 Å². The van der Waals surface area contributed by atoms with Crippen molar-refractivity contribution in [3.8, 4) is 0 Å². The maximum Gasteiger partial charge on any atom is 0.225 e. The number of aromatic nitrogens is 4. The zero-order valence-corrected chi connectivity index (χ0v) is 19.8. The number of anilines is 3. The van der Waals surface area contributed by atoms with E-state index in [1.807, 2.05) is 9.47 Å². The second-order valence-electron chi connectivity index (χ2n) is 9.26. The van der Waals surface area contributed by atoms with Crippen molar-refractivity contribution < 1.29 is 13.6 Å². The molecule has 1 aliphatic carbocycles. The Balaban J connectivity index is 1.35. The molecule has 35 heavy (non-hydrogen) atoms. The van der Waals surface area contributed by atoms with E-state index >= 15 is 0 Å². The lowest BCUT2D eigenvalue weighted by molar-refractivity contribution is -0.138. The van der Waals surface area contributed by atoms with Gasteiger partial charge in [0.2, 0.25) is 17.8 Å². The van der Waals surface area contributed by atoms with Crippen LogP contribution in [-0.2, 0) is 4.79 Å². The van der Waals surface area contributed by atoms with E-state index in [0.717, 1.165) is 64.5 Å². The van der Waals surface area contributed by atoms with Gasteiger partial charge in [-0.2, -0.15) is 4.98 Å². The van der Waals surface area contributed by atoms with Crippen LogP contribution in [-0.4, -0.2) is 67.9 Å². The van der Waals surface area contributed by atoms with Gasteiger partial charge < -0.3 is 20.9 Å². The van der Waals surface area contributed by atoms with Gasteiger partial charge in [-0.25, -0.2) is 18.7 Å². The summed E-state index contributed by atoms with van der Waals surface area (Å²) in [6, 6.07) is 3.35. The summed E-state index contributed by atoms with van der Waals surface area (Å²) in [7, 11) is 0. The lowest BCUT2D eigenvalue weighted by Gasteiger charge is -2.37. The van der Waals surface area contributed by atoms with E-state index < -0.39 is 11.6 Å². The predicted molar refractivity (Wildman–Crippen MR) is 129 cm³/mol. The van der Waals surface area contributed by atoms with Crippen molar-refractivity contribution in [1.82, 2.24) is 29.3 Å². The number of imidazole rings is 1. The Bertz CT molecular complexity index is 1220. The summed E-state index contributed by atoms with van der Waals surface area (Å²) in [6.45, 7) is 6.57. The van der Waals surface area contributed by atoms with Gasteiger partial charge in [-0.05, 0) is 44.4 Å². The molecule has 0 atom stereocenters. The smallest absolute Gasteiger partial charge is 0.225 e. The Morgan fingerprint density at radius 2 is 1.86 bits per heavy atom. The zero-order valence-electron chi connectivity index (χ0n) is 19.8. The number of nitrogens with two attached hydrogens (primary N) is 1. The minimum atomic E-state index is -0.716. The lowest BCUT2D eigenvalue weighted by Crippen LogP contribution is -2.50. The number of nitrogens with one attached hydrogen (secondary N) is 1. The van der Waals surface area contributed by atoms with Crippen molar-refractivity contribution in [2.45, 2.75) is 38.6 Å². The van der Waals surface area contributed by atoms with Crippen LogP contribution in [0, 0.1) is 17.6 Å². The Kier molecular flexibility index (Phi) is 6.50. The van der Waals surface area contributed by atoms with Crippen molar-refractivity contribution in [3.63, 3.8) is 0 Å². The average Bonchev–Trinajstić information content (AvgIpc) is 3.22. The first-order valence-corrected chi connectivity index (χ1v) is 12.2. The van der Waals surface area contributed by atoms with Gasteiger partial charge in [0.05, 0.1) is 11.9 Å². The normalized spacial score (nSPS) is 21.4. The fraction of sp³-hybridized carbons (Fsp3) is 0.500. The quantitative estimate of drug-likeness (QED) is 0.572. The summed E-state index contributed by atoms with van der Waals surface area (Å²) in [4.78, 5) is 30.5. The van der Waals surface area contributed by atoms with Crippen LogP contribution < -0.4 is 11.1 Å². The van der Waals surface area contributed by atoms with Crippen molar-refractivity contribution in [1.29, 1.82) is 0 Å². The SMILES string of the molecule is CCN1CCN(C(=O)C2CCC(n3c(Nc4ccc(F)cc4F)nc4cnc(N)nc43)CC2)CC1. The molecule has 2 aromatic heterocycles. The van der Waals surface area contributed by atoms with E-state index in [1.54, 1.807) is 0 Å². The van der Waals surface area contributed by atoms with Crippen LogP contribution in [0.3, 0.4) is 0 Å². The predicted octanol–water partition coefficient (Wildman–Crippen LogP) is 3.33. The number of benzene rings is 1. The molecule has 0 spiro atoms. The van der Waals surface area contributed by atoms with E-state index in [-0.39, 0.29) is 29.5 Å². The van der Waals surface area contributed by atoms with Gasteiger partial charge in [0, 0.05) is 44.2 Å². The van der Waals surface area contributed by atoms with Crippen LogP contribution >= 0.6 is 0 Å². The Hall–Kier alpha value is -3.34. The van der Waals surface area contributed by atoms with Crippen LogP contribution in [0.2, 0.25) is 0 Å². The number of nitrogens with zero attached hydrogens (tertiary/aromatic N) is 6. The summed E-state index contributed by atoms with van der Waals surface area (Å²) in [5.41, 5.74) is 7.03. The fourth-order valence-corrected chi connectivity index (χ4v) is 5.17. The molecule has 2 fully saturated rings. The molecule has 0 radical (unpaired) electrons. The highest BCUT2D eigenvalue weighted by Gasteiger charge is 2.33. The van der Waals surface area contributed by atoms with Crippen molar-refractivity contribution in [2.24, 2.45) is 5.92 Å². The van der Waals surface area contributed by atoms with E-state index in [4.69, 9.17) is 5.73 Å². The highest BCUT2D eigenvalue weighted by Crippen LogP contribution is 2.38. The zero-order chi connectivity index (χ0) is 24.5. The van der Waals surface area contributed by atoms with Crippen LogP contribution in [0.4, 0.5) is 26.4 Å². The molecule has 3 heterocycles. The topological polar surface area (TPSA) is 105 Å². The van der Waals surface area contributed by atoms with Crippen LogP contribution in [0.1, 0.15) is 38.6 Å². The standard InChI is InChI=1S/C24H30F2N8O/c1-2-32-9-11-33(12-10-32)22(35)15-3-6-17(7-4-15)34-21-20(14-28-23(27)31-21)30-24(34)29-19-8-5-16(25)13-18(19)26/h5,8,13-15,17H,2-4,6-7,9-12H2,1H3,(H,29,30)(H2,27,28,31). The monoisotopic (exact) mass is 484 g/mol. The number of piperazine rings is 1. The second-order valence-corrected chi connectivity index (χ2v) is 9.26. The van der Waals surface area contributed by atoms with Crippen molar-refractivity contribution >= 4 is 34.7 Å². The van der Waals surface area contributed by atoms with Crippen LogP contribution in [0.25, 0.3) is 11.2 Å². The molecule has 0 bridgehead atoms. The Labute approximate surface area is 202 Å². The maximum atomic E-state index is 14.4. The fourth-order valence-electron chi connectivity index (χ4n) is 5.17.